The van der Waals surface area contributed by atoms with E-state index in [1.807, 2.05) is 6.07 Å². The van der Waals surface area contributed by atoms with Crippen LogP contribution in [0.4, 0.5) is 0 Å². The monoisotopic (exact) mass is 612 g/mol. The highest BCUT2D eigenvalue weighted by atomic mass is 15.2. The lowest BCUT2D eigenvalue weighted by molar-refractivity contribution is 1.01. The summed E-state index contributed by atoms with van der Waals surface area (Å²) in [4.78, 5) is 10.5. The number of hydrogen-bond donors (Lipinski definition) is 0. The van der Waals surface area contributed by atoms with Gasteiger partial charge < -0.3 is 4.57 Å². The summed E-state index contributed by atoms with van der Waals surface area (Å²) in [6, 6.07) is 58.0. The molecule has 0 fully saturated rings. The molecule has 224 valence electrons. The fourth-order valence-electron chi connectivity index (χ4n) is 7.29. The molecule has 0 amide bonds. The van der Waals surface area contributed by atoms with Crippen molar-refractivity contribution in [2.75, 3.05) is 0 Å². The van der Waals surface area contributed by atoms with Crippen LogP contribution >= 0.6 is 0 Å². The highest BCUT2D eigenvalue weighted by Crippen LogP contribution is 2.38. The normalized spacial score (nSPS) is 11.8. The molecule has 0 aliphatic carbocycles. The van der Waals surface area contributed by atoms with Gasteiger partial charge in [-0.15, -0.1) is 0 Å². The third kappa shape index (κ3) is 4.10. The number of fused-ring (bicyclic) bond motifs is 7. The second-order valence-electron chi connectivity index (χ2n) is 12.3. The van der Waals surface area contributed by atoms with Crippen LogP contribution in [0.3, 0.4) is 0 Å². The van der Waals surface area contributed by atoms with E-state index in [4.69, 9.17) is 9.97 Å². The van der Waals surface area contributed by atoms with E-state index in [1.54, 1.807) is 0 Å². The first-order valence-electron chi connectivity index (χ1n) is 16.3. The number of nitrogens with zero attached hydrogens (tertiary/aromatic N) is 4. The Morgan fingerprint density at radius 2 is 1.08 bits per heavy atom. The van der Waals surface area contributed by atoms with E-state index in [0.29, 0.717) is 5.95 Å². The average molecular weight is 613 g/mol. The van der Waals surface area contributed by atoms with Gasteiger partial charge in [-0.1, -0.05) is 115 Å². The number of benzene rings is 7. The highest BCUT2D eigenvalue weighted by molar-refractivity contribution is 6.21. The Bertz CT molecular complexity index is 2820. The minimum atomic E-state index is 0.662. The van der Waals surface area contributed by atoms with E-state index in [1.165, 1.54) is 43.6 Å². The lowest BCUT2D eigenvalue weighted by atomic mass is 9.99. The zero-order chi connectivity index (χ0) is 31.6. The number of hydrogen-bond acceptors (Lipinski definition) is 2. The molecule has 0 radical (unpaired) electrons. The van der Waals surface area contributed by atoms with Gasteiger partial charge in [0.15, 0.2) is 0 Å². The third-order valence-electron chi connectivity index (χ3n) is 9.57. The quantitative estimate of drug-likeness (QED) is 0.198. The summed E-state index contributed by atoms with van der Waals surface area (Å²) in [5, 5.41) is 7.11. The molecule has 3 heterocycles. The first-order valence-corrected chi connectivity index (χ1v) is 16.3. The molecular weight excluding hydrogens is 585 g/mol. The minimum Gasteiger partial charge on any atom is -0.317 e. The van der Waals surface area contributed by atoms with Gasteiger partial charge in [0.05, 0.1) is 27.8 Å². The van der Waals surface area contributed by atoms with Gasteiger partial charge in [-0.3, -0.25) is 4.57 Å². The molecule has 10 aromatic rings. The molecule has 10 rings (SSSR count). The van der Waals surface area contributed by atoms with Gasteiger partial charge in [-0.25, -0.2) is 9.97 Å². The Hall–Kier alpha value is -6.52. The molecule has 3 aromatic heterocycles. The zero-order valence-electron chi connectivity index (χ0n) is 26.0. The zero-order valence-corrected chi connectivity index (χ0v) is 26.0. The minimum absolute atomic E-state index is 0.662. The van der Waals surface area contributed by atoms with E-state index in [-0.39, 0.29) is 0 Å². The van der Waals surface area contributed by atoms with Crippen molar-refractivity contribution >= 4 is 54.4 Å². The fourth-order valence-corrected chi connectivity index (χ4v) is 7.29. The third-order valence-corrected chi connectivity index (χ3v) is 9.57. The van der Waals surface area contributed by atoms with Crippen molar-refractivity contribution in [2.24, 2.45) is 0 Å². The Morgan fingerprint density at radius 1 is 0.417 bits per heavy atom. The molecule has 0 saturated carbocycles. The number of rotatable bonds is 4. The summed E-state index contributed by atoms with van der Waals surface area (Å²) in [5.74, 6) is 0.662. The molecule has 0 atom stereocenters. The maximum atomic E-state index is 5.34. The predicted octanol–water partition coefficient (Wildman–Crippen LogP) is 11.2. The Morgan fingerprint density at radius 3 is 1.96 bits per heavy atom. The van der Waals surface area contributed by atoms with Crippen LogP contribution in [0.25, 0.3) is 88.4 Å². The topological polar surface area (TPSA) is 35.6 Å². The number of para-hydroxylation sites is 3. The van der Waals surface area contributed by atoms with Crippen LogP contribution in [0.15, 0.2) is 170 Å². The van der Waals surface area contributed by atoms with Crippen molar-refractivity contribution in [2.45, 2.75) is 0 Å². The maximum absolute atomic E-state index is 5.34. The Kier molecular flexibility index (Phi) is 5.84. The predicted molar refractivity (Wildman–Crippen MR) is 199 cm³/mol. The molecule has 0 aliphatic heterocycles. The fraction of sp³-hybridized carbons (Fsp3) is 0. The molecular formula is C44H28N4. The molecule has 0 aliphatic rings. The summed E-state index contributed by atoms with van der Waals surface area (Å²) >= 11 is 0. The molecule has 48 heavy (non-hydrogen) atoms. The van der Waals surface area contributed by atoms with E-state index in [0.717, 1.165) is 38.9 Å². The van der Waals surface area contributed by atoms with Crippen molar-refractivity contribution in [3.8, 4) is 34.0 Å². The van der Waals surface area contributed by atoms with Gasteiger partial charge in [0.2, 0.25) is 5.95 Å². The summed E-state index contributed by atoms with van der Waals surface area (Å²) in [6.07, 6.45) is 2.16. The summed E-state index contributed by atoms with van der Waals surface area (Å²) < 4.78 is 4.48. The van der Waals surface area contributed by atoms with Crippen LogP contribution in [-0.4, -0.2) is 19.1 Å². The molecule has 4 heteroatoms. The summed E-state index contributed by atoms with van der Waals surface area (Å²) in [6.45, 7) is 0. The van der Waals surface area contributed by atoms with Crippen LogP contribution in [0.2, 0.25) is 0 Å². The molecule has 0 spiro atoms. The Labute approximate surface area is 276 Å². The first-order chi connectivity index (χ1) is 23.8. The van der Waals surface area contributed by atoms with Crippen molar-refractivity contribution in [3.05, 3.63) is 170 Å². The molecule has 4 nitrogen and oxygen atoms in total. The van der Waals surface area contributed by atoms with E-state index >= 15 is 0 Å². The highest BCUT2D eigenvalue weighted by Gasteiger charge is 2.19. The number of aromatic nitrogens is 4. The van der Waals surface area contributed by atoms with Crippen LogP contribution in [0.1, 0.15) is 0 Å². The molecule has 7 aromatic carbocycles. The lowest BCUT2D eigenvalue weighted by Gasteiger charge is -2.12. The van der Waals surface area contributed by atoms with Crippen LogP contribution in [0, 0.1) is 0 Å². The van der Waals surface area contributed by atoms with E-state index in [2.05, 4.69) is 173 Å². The molecule has 0 saturated heterocycles. The van der Waals surface area contributed by atoms with Crippen molar-refractivity contribution < 1.29 is 0 Å². The smallest absolute Gasteiger partial charge is 0.235 e. The van der Waals surface area contributed by atoms with Crippen molar-refractivity contribution in [1.82, 2.24) is 19.1 Å². The largest absolute Gasteiger partial charge is 0.317 e. The maximum Gasteiger partial charge on any atom is 0.235 e. The standard InChI is InChI=1S/C44H28N4/c1-2-12-34(13-3-1)47-27-26-37-39(47)24-25-41-42(37)36-15-7-9-17-40(36)48(41)44-45-38-16-8-6-14-35(38)43(46-44)31-21-18-30(19-22-31)33-23-20-29-10-4-5-11-32(29)28-33/h1-28H. The summed E-state index contributed by atoms with van der Waals surface area (Å²) in [7, 11) is 0. The van der Waals surface area contributed by atoms with Gasteiger partial charge in [-0.05, 0) is 70.4 Å². The molecule has 0 unspecified atom stereocenters. The van der Waals surface area contributed by atoms with E-state index in [9.17, 15) is 0 Å². The van der Waals surface area contributed by atoms with Crippen LogP contribution < -0.4 is 0 Å². The molecule has 0 N–H and O–H groups in total. The SMILES string of the molecule is c1ccc(-n2ccc3c4c5ccccc5n(-c5nc(-c6ccc(-c7ccc8ccccc8c7)cc6)c6ccccc6n5)c4ccc32)cc1. The van der Waals surface area contributed by atoms with Crippen molar-refractivity contribution in [1.29, 1.82) is 0 Å². The average Bonchev–Trinajstić information content (AvgIpc) is 3.74. The van der Waals surface area contributed by atoms with Gasteiger partial charge in [0.25, 0.3) is 0 Å². The van der Waals surface area contributed by atoms with Crippen LogP contribution in [-0.2, 0) is 0 Å². The van der Waals surface area contributed by atoms with Gasteiger partial charge in [0.1, 0.15) is 0 Å². The van der Waals surface area contributed by atoms with Crippen molar-refractivity contribution in [3.63, 3.8) is 0 Å². The first kappa shape index (κ1) is 26.7. The summed E-state index contributed by atoms with van der Waals surface area (Å²) in [5.41, 5.74) is 9.75. The van der Waals surface area contributed by atoms with Gasteiger partial charge >= 0.3 is 0 Å². The second kappa shape index (κ2) is 10.5. The van der Waals surface area contributed by atoms with Gasteiger partial charge in [-0.2, -0.15) is 0 Å². The van der Waals surface area contributed by atoms with Crippen LogP contribution in [0.5, 0.6) is 0 Å². The Balaban J connectivity index is 1.16. The van der Waals surface area contributed by atoms with E-state index < -0.39 is 0 Å². The lowest BCUT2D eigenvalue weighted by Crippen LogP contribution is -2.03. The molecule has 0 bridgehead atoms. The second-order valence-corrected chi connectivity index (χ2v) is 12.3. The van der Waals surface area contributed by atoms with Gasteiger partial charge in [0, 0.05) is 39.0 Å².